The molecule has 1 aliphatic heterocycles. The second kappa shape index (κ2) is 9.26. The molecule has 0 bridgehead atoms. The van der Waals surface area contributed by atoms with Crippen molar-refractivity contribution in [2.45, 2.75) is 76.4 Å². The Morgan fingerprint density at radius 2 is 2.00 bits per heavy atom. The molecule has 2 aromatic rings. The Morgan fingerprint density at radius 3 is 2.72 bits per heavy atom. The Morgan fingerprint density at radius 1 is 1.22 bits per heavy atom. The van der Waals surface area contributed by atoms with Gasteiger partial charge in [-0.3, -0.25) is 9.48 Å². The van der Waals surface area contributed by atoms with E-state index in [0.717, 1.165) is 74.6 Å². The molecule has 172 valence electrons. The number of methoxy groups -OCH3 is 1. The van der Waals surface area contributed by atoms with E-state index in [0.29, 0.717) is 13.2 Å². The number of hydrogen-bond acceptors (Lipinski definition) is 4. The number of aromatic nitrogens is 2. The summed E-state index contributed by atoms with van der Waals surface area (Å²) < 4.78 is 13.3. The van der Waals surface area contributed by atoms with E-state index >= 15 is 0 Å². The van der Waals surface area contributed by atoms with Crippen molar-refractivity contribution in [3.63, 3.8) is 0 Å². The third kappa shape index (κ3) is 4.29. The number of benzene rings is 1. The molecule has 3 aliphatic rings. The largest absolute Gasteiger partial charge is 0.497 e. The molecule has 2 fully saturated rings. The number of nitrogens with one attached hydrogen (secondary N) is 1. The zero-order valence-corrected chi connectivity index (χ0v) is 19.2. The van der Waals surface area contributed by atoms with Crippen molar-refractivity contribution in [2.24, 2.45) is 5.92 Å². The zero-order chi connectivity index (χ0) is 22.0. The monoisotopic (exact) mass is 437 g/mol. The van der Waals surface area contributed by atoms with Crippen LogP contribution in [-0.4, -0.2) is 35.9 Å². The first-order chi connectivity index (χ1) is 15.7. The average Bonchev–Trinajstić information content (AvgIpc) is 3.60. The lowest BCUT2D eigenvalue weighted by atomic mass is 9.68. The van der Waals surface area contributed by atoms with Crippen LogP contribution < -0.4 is 10.1 Å². The summed E-state index contributed by atoms with van der Waals surface area (Å²) in [5, 5.41) is 8.23. The first-order valence-electron chi connectivity index (χ1n) is 12.3. The van der Waals surface area contributed by atoms with Crippen LogP contribution in [0.3, 0.4) is 0 Å². The summed E-state index contributed by atoms with van der Waals surface area (Å²) in [5.41, 5.74) is 4.39. The van der Waals surface area contributed by atoms with E-state index < -0.39 is 5.41 Å². The highest BCUT2D eigenvalue weighted by Crippen LogP contribution is 2.40. The van der Waals surface area contributed by atoms with Gasteiger partial charge in [0.1, 0.15) is 5.75 Å². The van der Waals surface area contributed by atoms with Gasteiger partial charge in [0.05, 0.1) is 31.4 Å². The van der Waals surface area contributed by atoms with Gasteiger partial charge in [-0.1, -0.05) is 31.4 Å². The summed E-state index contributed by atoms with van der Waals surface area (Å²) in [6, 6.07) is 8.07. The molecule has 0 radical (unpaired) electrons. The summed E-state index contributed by atoms with van der Waals surface area (Å²) in [7, 11) is 1.67. The molecule has 2 aliphatic carbocycles. The molecule has 1 aromatic heterocycles. The molecular formula is C26H35N3O3. The molecule has 1 amide bonds. The molecule has 1 N–H and O–H groups in total. The summed E-state index contributed by atoms with van der Waals surface area (Å²) in [6.45, 7) is 3.09. The molecule has 0 spiro atoms. The van der Waals surface area contributed by atoms with Gasteiger partial charge >= 0.3 is 0 Å². The van der Waals surface area contributed by atoms with Crippen molar-refractivity contribution in [3.8, 4) is 5.75 Å². The number of ether oxygens (including phenoxy) is 2. The van der Waals surface area contributed by atoms with Crippen LogP contribution in [0.4, 0.5) is 0 Å². The van der Waals surface area contributed by atoms with E-state index in [1.54, 1.807) is 7.11 Å². The normalized spacial score (nSPS) is 19.9. The van der Waals surface area contributed by atoms with Crippen molar-refractivity contribution in [1.82, 2.24) is 15.1 Å². The Labute approximate surface area is 190 Å². The summed E-state index contributed by atoms with van der Waals surface area (Å²) >= 11 is 0. The van der Waals surface area contributed by atoms with Crippen LogP contribution in [0.1, 0.15) is 67.5 Å². The third-order valence-electron chi connectivity index (χ3n) is 7.54. The van der Waals surface area contributed by atoms with Gasteiger partial charge in [-0.25, -0.2) is 0 Å². The molecule has 6 heteroatoms. The number of hydrogen-bond donors (Lipinski definition) is 1. The van der Waals surface area contributed by atoms with E-state index in [9.17, 15) is 4.79 Å². The van der Waals surface area contributed by atoms with Gasteiger partial charge in [0.25, 0.3) is 0 Å². The lowest BCUT2D eigenvalue weighted by Crippen LogP contribution is -2.46. The van der Waals surface area contributed by atoms with E-state index in [2.05, 4.69) is 22.1 Å². The number of rotatable bonds is 8. The highest BCUT2D eigenvalue weighted by molar-refractivity contribution is 5.88. The fraction of sp³-hybridized carbons (Fsp3) is 0.615. The van der Waals surface area contributed by atoms with Gasteiger partial charge in [-0.2, -0.15) is 5.10 Å². The summed E-state index contributed by atoms with van der Waals surface area (Å²) in [5.74, 6) is 1.78. The maximum Gasteiger partial charge on any atom is 0.230 e. The van der Waals surface area contributed by atoms with Crippen LogP contribution in [0, 0.1) is 5.92 Å². The molecule has 2 heterocycles. The van der Waals surface area contributed by atoms with Crippen LogP contribution >= 0.6 is 0 Å². The zero-order valence-electron chi connectivity index (χ0n) is 19.2. The minimum atomic E-state index is -0.432. The van der Waals surface area contributed by atoms with Gasteiger partial charge in [0.15, 0.2) is 0 Å². The summed E-state index contributed by atoms with van der Waals surface area (Å²) in [6.07, 6.45) is 9.56. The molecule has 6 nitrogen and oxygen atoms in total. The number of fused-ring (bicyclic) bond motifs is 1. The van der Waals surface area contributed by atoms with Crippen LogP contribution in [0.2, 0.25) is 0 Å². The molecule has 1 aromatic carbocycles. The Hall–Kier alpha value is -2.34. The minimum Gasteiger partial charge on any atom is -0.497 e. The topological polar surface area (TPSA) is 65.4 Å². The van der Waals surface area contributed by atoms with Crippen molar-refractivity contribution in [3.05, 3.63) is 46.8 Å². The van der Waals surface area contributed by atoms with E-state index in [1.807, 2.05) is 12.1 Å². The fourth-order valence-corrected chi connectivity index (χ4v) is 5.45. The van der Waals surface area contributed by atoms with Gasteiger partial charge in [-0.05, 0) is 49.3 Å². The molecule has 5 rings (SSSR count). The number of nitrogens with zero attached hydrogens (tertiary/aromatic N) is 2. The van der Waals surface area contributed by atoms with Gasteiger partial charge < -0.3 is 14.8 Å². The van der Waals surface area contributed by atoms with Crippen LogP contribution in [0.25, 0.3) is 0 Å². The Kier molecular flexibility index (Phi) is 6.22. The number of amides is 1. The smallest absolute Gasteiger partial charge is 0.230 e. The average molecular weight is 438 g/mol. The first-order valence-corrected chi connectivity index (χ1v) is 12.3. The van der Waals surface area contributed by atoms with Gasteiger partial charge in [-0.15, -0.1) is 0 Å². The highest BCUT2D eigenvalue weighted by Gasteiger charge is 2.41. The standard InChI is InChI=1S/C26H35N3O3/c1-31-21-9-7-20(8-10-21)26(13-3-2-4-14-26)25(30)27-15-11-23-22-18-32-16-12-24(22)29(28-23)17-19-5-6-19/h7-10,19H,2-6,11-18H2,1H3,(H,27,30). The summed E-state index contributed by atoms with van der Waals surface area (Å²) in [4.78, 5) is 13.5. The first kappa shape index (κ1) is 21.5. The number of carbonyl (C=O) groups is 1. The highest BCUT2D eigenvalue weighted by atomic mass is 16.5. The van der Waals surface area contributed by atoms with E-state index in [-0.39, 0.29) is 5.91 Å². The molecule has 0 unspecified atom stereocenters. The Bertz CT molecular complexity index is 940. The quantitative estimate of drug-likeness (QED) is 0.680. The SMILES string of the molecule is COc1ccc(C2(C(=O)NCCc3nn(CC4CC4)c4c3COCC4)CCCCC2)cc1. The predicted octanol–water partition coefficient (Wildman–Crippen LogP) is 3.94. The number of carbonyl (C=O) groups excluding carboxylic acids is 1. The lowest BCUT2D eigenvalue weighted by Gasteiger charge is -2.36. The maximum atomic E-state index is 13.5. The van der Waals surface area contributed by atoms with Crippen LogP contribution in [-0.2, 0) is 40.9 Å². The van der Waals surface area contributed by atoms with E-state index in [4.69, 9.17) is 14.6 Å². The predicted molar refractivity (Wildman–Crippen MR) is 123 cm³/mol. The van der Waals surface area contributed by atoms with Crippen molar-refractivity contribution < 1.29 is 14.3 Å². The fourth-order valence-electron chi connectivity index (χ4n) is 5.45. The Balaban J connectivity index is 1.28. The minimum absolute atomic E-state index is 0.157. The maximum absolute atomic E-state index is 13.5. The second-order valence-corrected chi connectivity index (χ2v) is 9.68. The van der Waals surface area contributed by atoms with Crippen molar-refractivity contribution >= 4 is 5.91 Å². The van der Waals surface area contributed by atoms with Crippen LogP contribution in [0.15, 0.2) is 24.3 Å². The molecule has 32 heavy (non-hydrogen) atoms. The van der Waals surface area contributed by atoms with Crippen molar-refractivity contribution in [2.75, 3.05) is 20.3 Å². The molecule has 2 saturated carbocycles. The molecular weight excluding hydrogens is 402 g/mol. The van der Waals surface area contributed by atoms with Crippen molar-refractivity contribution in [1.29, 1.82) is 0 Å². The van der Waals surface area contributed by atoms with Gasteiger partial charge in [0, 0.05) is 37.2 Å². The molecule has 0 saturated heterocycles. The third-order valence-corrected chi connectivity index (χ3v) is 7.54. The molecule has 0 atom stereocenters. The second-order valence-electron chi connectivity index (χ2n) is 9.68. The van der Waals surface area contributed by atoms with Gasteiger partial charge in [0.2, 0.25) is 5.91 Å². The van der Waals surface area contributed by atoms with E-state index in [1.165, 1.54) is 30.5 Å². The van der Waals surface area contributed by atoms with Crippen LogP contribution in [0.5, 0.6) is 5.75 Å². The lowest BCUT2D eigenvalue weighted by molar-refractivity contribution is -0.128.